The molecule has 2 aromatic rings. The molecular formula is C28H31F3N4O3. The predicted octanol–water partition coefficient (Wildman–Crippen LogP) is 5.70. The molecular weight excluding hydrogens is 497 g/mol. The third-order valence-corrected chi connectivity index (χ3v) is 6.17. The lowest BCUT2D eigenvalue weighted by atomic mass is 10.1. The first-order chi connectivity index (χ1) is 18.2. The molecule has 10 heteroatoms. The van der Waals surface area contributed by atoms with Gasteiger partial charge in [0.25, 0.3) is 5.91 Å². The molecule has 0 saturated carbocycles. The number of nitrogens with one attached hydrogen (secondary N) is 1. The Morgan fingerprint density at radius 3 is 2.39 bits per heavy atom. The summed E-state index contributed by atoms with van der Waals surface area (Å²) in [6.45, 7) is 10.0. The zero-order valence-corrected chi connectivity index (χ0v) is 21.3. The molecule has 2 fully saturated rings. The highest BCUT2D eigenvalue weighted by molar-refractivity contribution is 5.99. The molecule has 0 bridgehead atoms. The van der Waals surface area contributed by atoms with Crippen LogP contribution in [0.3, 0.4) is 0 Å². The first-order valence-corrected chi connectivity index (χ1v) is 12.5. The maximum Gasteiger partial charge on any atom is 0.573 e. The van der Waals surface area contributed by atoms with Crippen molar-refractivity contribution >= 4 is 28.7 Å². The van der Waals surface area contributed by atoms with E-state index in [2.05, 4.69) is 21.5 Å². The average molecular weight is 529 g/mol. The third-order valence-electron chi connectivity index (χ3n) is 6.17. The summed E-state index contributed by atoms with van der Waals surface area (Å²) in [5.41, 5.74) is 2.92. The van der Waals surface area contributed by atoms with Gasteiger partial charge >= 0.3 is 6.36 Å². The molecule has 0 atom stereocenters. The van der Waals surface area contributed by atoms with E-state index in [0.29, 0.717) is 60.3 Å². The Bertz CT molecular complexity index is 1200. The van der Waals surface area contributed by atoms with E-state index in [1.54, 1.807) is 18.2 Å². The average Bonchev–Trinajstić information content (AvgIpc) is 3.44. The number of morpholine rings is 1. The summed E-state index contributed by atoms with van der Waals surface area (Å²) < 4.78 is 47.0. The van der Waals surface area contributed by atoms with E-state index < -0.39 is 6.36 Å². The van der Waals surface area contributed by atoms with Crippen LogP contribution < -0.4 is 15.0 Å². The fourth-order valence-corrected chi connectivity index (χ4v) is 4.34. The standard InChI is InChI=1S/C28H31F3N4O3/c1-3-6-21(27(36)35-11-4-5-12-35)17-20(2)25-18-23(19-26(33-25)34-13-15-37-16-14-34)32-22-7-9-24(10-8-22)38-28(29,30)31/h3,6-10,17-19H,2,4-5,11-16H2,1H3,(H,32,33)/b6-3-,21-17+. The number of amides is 1. The van der Waals surface area contributed by atoms with Gasteiger partial charge in [-0.15, -0.1) is 13.2 Å². The molecule has 38 heavy (non-hydrogen) atoms. The number of anilines is 3. The van der Waals surface area contributed by atoms with Crippen LogP contribution in [0.25, 0.3) is 5.57 Å². The smallest absolute Gasteiger partial charge is 0.406 e. The number of hydrogen-bond acceptors (Lipinski definition) is 6. The summed E-state index contributed by atoms with van der Waals surface area (Å²) in [5, 5.41) is 3.23. The highest BCUT2D eigenvalue weighted by Gasteiger charge is 2.31. The number of ether oxygens (including phenoxy) is 2. The van der Waals surface area contributed by atoms with Gasteiger partial charge in [-0.25, -0.2) is 4.98 Å². The number of hydrogen-bond donors (Lipinski definition) is 1. The van der Waals surface area contributed by atoms with Gasteiger partial charge in [0, 0.05) is 49.2 Å². The summed E-state index contributed by atoms with van der Waals surface area (Å²) in [6.07, 6.45) is 2.59. The van der Waals surface area contributed by atoms with Crippen molar-refractivity contribution in [2.24, 2.45) is 0 Å². The Hall–Kier alpha value is -3.79. The first-order valence-electron chi connectivity index (χ1n) is 12.5. The molecule has 1 aromatic heterocycles. The molecule has 4 rings (SSSR count). The molecule has 2 aliphatic rings. The summed E-state index contributed by atoms with van der Waals surface area (Å²) in [7, 11) is 0. The lowest BCUT2D eigenvalue weighted by Crippen LogP contribution is -2.36. The van der Waals surface area contributed by atoms with Crippen LogP contribution in [-0.2, 0) is 9.53 Å². The summed E-state index contributed by atoms with van der Waals surface area (Å²) in [4.78, 5) is 21.8. The highest BCUT2D eigenvalue weighted by atomic mass is 19.4. The van der Waals surface area contributed by atoms with Crippen LogP contribution in [-0.4, -0.2) is 61.5 Å². The first kappa shape index (κ1) is 27.3. The van der Waals surface area contributed by atoms with E-state index in [4.69, 9.17) is 9.72 Å². The minimum absolute atomic E-state index is 0.0365. The predicted molar refractivity (Wildman–Crippen MR) is 141 cm³/mol. The van der Waals surface area contributed by atoms with Crippen LogP contribution in [0.1, 0.15) is 25.5 Å². The van der Waals surface area contributed by atoms with Gasteiger partial charge in [-0.05, 0) is 61.7 Å². The number of benzene rings is 1. The number of alkyl halides is 3. The monoisotopic (exact) mass is 528 g/mol. The van der Waals surface area contributed by atoms with E-state index in [-0.39, 0.29) is 11.7 Å². The van der Waals surface area contributed by atoms with Gasteiger partial charge < -0.3 is 24.6 Å². The van der Waals surface area contributed by atoms with Crippen LogP contribution in [0.2, 0.25) is 0 Å². The van der Waals surface area contributed by atoms with Crippen LogP contribution in [0.4, 0.5) is 30.4 Å². The topological polar surface area (TPSA) is 66.9 Å². The zero-order chi connectivity index (χ0) is 27.1. The molecule has 202 valence electrons. The zero-order valence-electron chi connectivity index (χ0n) is 21.3. The Balaban J connectivity index is 1.62. The van der Waals surface area contributed by atoms with E-state index in [1.165, 1.54) is 24.3 Å². The van der Waals surface area contributed by atoms with Gasteiger partial charge in [0.2, 0.25) is 0 Å². The van der Waals surface area contributed by atoms with Gasteiger partial charge in [0.05, 0.1) is 18.9 Å². The summed E-state index contributed by atoms with van der Waals surface area (Å²) in [5.74, 6) is 0.370. The molecule has 0 unspecified atom stereocenters. The van der Waals surface area contributed by atoms with Crippen LogP contribution >= 0.6 is 0 Å². The number of halogens is 3. The molecule has 1 aromatic carbocycles. The van der Waals surface area contributed by atoms with Gasteiger partial charge in [0.1, 0.15) is 11.6 Å². The summed E-state index contributed by atoms with van der Waals surface area (Å²) >= 11 is 0. The van der Waals surface area contributed by atoms with Crippen LogP contribution in [0.15, 0.2) is 66.8 Å². The number of likely N-dealkylation sites (tertiary alicyclic amines) is 1. The Labute approximate surface area is 220 Å². The second-order valence-corrected chi connectivity index (χ2v) is 9.02. The molecule has 0 radical (unpaired) electrons. The van der Waals surface area contributed by atoms with Crippen molar-refractivity contribution in [3.8, 4) is 5.75 Å². The quantitative estimate of drug-likeness (QED) is 0.350. The number of allylic oxidation sites excluding steroid dienone is 3. The maximum absolute atomic E-state index is 13.1. The molecule has 1 N–H and O–H groups in total. The van der Waals surface area contributed by atoms with Crippen molar-refractivity contribution in [2.75, 3.05) is 49.6 Å². The fourth-order valence-electron chi connectivity index (χ4n) is 4.34. The number of pyridine rings is 1. The fraction of sp³-hybridized carbons (Fsp3) is 0.357. The number of aromatic nitrogens is 1. The van der Waals surface area contributed by atoms with Crippen LogP contribution in [0, 0.1) is 0 Å². The van der Waals surface area contributed by atoms with Crippen molar-refractivity contribution in [2.45, 2.75) is 26.1 Å². The normalized spacial score (nSPS) is 16.7. The second kappa shape index (κ2) is 12.2. The van der Waals surface area contributed by atoms with E-state index >= 15 is 0 Å². The number of rotatable bonds is 8. The molecule has 2 saturated heterocycles. The number of carbonyl (C=O) groups excluding carboxylic acids is 1. The molecule has 0 aliphatic carbocycles. The minimum atomic E-state index is -4.75. The van der Waals surface area contributed by atoms with Crippen LogP contribution in [0.5, 0.6) is 5.75 Å². The van der Waals surface area contributed by atoms with Crippen molar-refractivity contribution in [1.82, 2.24) is 9.88 Å². The molecule has 7 nitrogen and oxygen atoms in total. The van der Waals surface area contributed by atoms with E-state index in [9.17, 15) is 18.0 Å². The van der Waals surface area contributed by atoms with Crippen molar-refractivity contribution in [1.29, 1.82) is 0 Å². The molecule has 0 spiro atoms. The Kier molecular flexibility index (Phi) is 8.73. The van der Waals surface area contributed by atoms with E-state index in [1.807, 2.05) is 24.0 Å². The minimum Gasteiger partial charge on any atom is -0.406 e. The summed E-state index contributed by atoms with van der Waals surface area (Å²) in [6, 6.07) is 9.17. The number of nitrogens with zero attached hydrogens (tertiary/aromatic N) is 3. The van der Waals surface area contributed by atoms with Crippen molar-refractivity contribution in [3.05, 3.63) is 72.5 Å². The third kappa shape index (κ3) is 7.38. The molecule has 2 aliphatic heterocycles. The van der Waals surface area contributed by atoms with Gasteiger partial charge in [-0.3, -0.25) is 4.79 Å². The van der Waals surface area contributed by atoms with Gasteiger partial charge in [-0.2, -0.15) is 0 Å². The lowest BCUT2D eigenvalue weighted by molar-refractivity contribution is -0.274. The maximum atomic E-state index is 13.1. The molecule has 1 amide bonds. The largest absolute Gasteiger partial charge is 0.573 e. The van der Waals surface area contributed by atoms with Gasteiger partial charge in [-0.1, -0.05) is 18.7 Å². The Morgan fingerprint density at radius 1 is 1.08 bits per heavy atom. The highest BCUT2D eigenvalue weighted by Crippen LogP contribution is 2.29. The van der Waals surface area contributed by atoms with E-state index in [0.717, 1.165) is 25.9 Å². The number of carbonyl (C=O) groups is 1. The SMILES string of the molecule is C=C(/C=C(\C=C/C)C(=O)N1CCCC1)c1cc(Nc2ccc(OC(F)(F)F)cc2)cc(N2CCOCC2)n1. The molecule has 3 heterocycles. The van der Waals surface area contributed by atoms with Gasteiger partial charge in [0.15, 0.2) is 0 Å². The second-order valence-electron chi connectivity index (χ2n) is 9.02. The van der Waals surface area contributed by atoms with Crippen molar-refractivity contribution in [3.63, 3.8) is 0 Å². The Morgan fingerprint density at radius 2 is 1.76 bits per heavy atom. The lowest BCUT2D eigenvalue weighted by Gasteiger charge is -2.28. The van der Waals surface area contributed by atoms with Crippen molar-refractivity contribution < 1.29 is 27.4 Å².